The average Bonchev–Trinajstić information content (AvgIpc) is 2.70. The van der Waals surface area contributed by atoms with Crippen molar-refractivity contribution in [2.45, 2.75) is 77.4 Å². The predicted octanol–water partition coefficient (Wildman–Crippen LogP) is 3.67. The van der Waals surface area contributed by atoms with Crippen molar-refractivity contribution in [3.63, 3.8) is 0 Å². The summed E-state index contributed by atoms with van der Waals surface area (Å²) in [7, 11) is 0. The molecular formula is C19H30O2. The Hall–Kier alpha value is -0.340. The summed E-state index contributed by atoms with van der Waals surface area (Å²) in [5, 5.41) is 20.7. The lowest BCUT2D eigenvalue weighted by Gasteiger charge is -2.57. The molecule has 0 aromatic rings. The van der Waals surface area contributed by atoms with Crippen LogP contribution in [0.3, 0.4) is 0 Å². The number of hydrogen-bond acceptors (Lipinski definition) is 2. The van der Waals surface area contributed by atoms with Gasteiger partial charge < -0.3 is 10.2 Å². The SMILES string of the molecule is C[C@]12CCCCC1=CC[C@@H]1[C@H]2CC[C@]2(C)C(O)C(O)C[C@@H]12. The Bertz CT molecular complexity index is 470. The minimum absolute atomic E-state index is 0.0447. The molecule has 0 aromatic heterocycles. The van der Waals surface area contributed by atoms with Crippen molar-refractivity contribution in [2.75, 3.05) is 0 Å². The van der Waals surface area contributed by atoms with E-state index in [1.165, 1.54) is 38.5 Å². The summed E-state index contributed by atoms with van der Waals surface area (Å²) < 4.78 is 0. The van der Waals surface area contributed by atoms with E-state index in [4.69, 9.17) is 0 Å². The fourth-order valence-corrected chi connectivity index (χ4v) is 6.69. The number of aliphatic hydroxyl groups is 2. The average molecular weight is 290 g/mol. The first-order valence-corrected chi connectivity index (χ1v) is 9.02. The van der Waals surface area contributed by atoms with Gasteiger partial charge in [-0.3, -0.25) is 0 Å². The molecule has 0 heterocycles. The topological polar surface area (TPSA) is 40.5 Å². The monoisotopic (exact) mass is 290 g/mol. The van der Waals surface area contributed by atoms with Crippen LogP contribution in [0.2, 0.25) is 0 Å². The van der Waals surface area contributed by atoms with Gasteiger partial charge in [-0.1, -0.05) is 31.9 Å². The van der Waals surface area contributed by atoms with Crippen LogP contribution in [-0.2, 0) is 0 Å². The van der Waals surface area contributed by atoms with Gasteiger partial charge in [0.15, 0.2) is 0 Å². The minimum Gasteiger partial charge on any atom is -0.390 e. The highest BCUT2D eigenvalue weighted by Crippen LogP contribution is 2.64. The van der Waals surface area contributed by atoms with Crippen LogP contribution in [0.5, 0.6) is 0 Å². The Morgan fingerprint density at radius 3 is 2.71 bits per heavy atom. The van der Waals surface area contributed by atoms with Gasteiger partial charge in [-0.2, -0.15) is 0 Å². The first-order chi connectivity index (χ1) is 9.97. The fraction of sp³-hybridized carbons (Fsp3) is 0.895. The van der Waals surface area contributed by atoms with E-state index < -0.39 is 12.2 Å². The van der Waals surface area contributed by atoms with E-state index in [1.807, 2.05) is 0 Å². The van der Waals surface area contributed by atoms with E-state index in [2.05, 4.69) is 19.9 Å². The summed E-state index contributed by atoms with van der Waals surface area (Å²) in [5.41, 5.74) is 2.11. The number of hydrogen-bond donors (Lipinski definition) is 2. The molecular weight excluding hydrogens is 260 g/mol. The first kappa shape index (κ1) is 14.3. The van der Waals surface area contributed by atoms with E-state index in [0.29, 0.717) is 17.3 Å². The summed E-state index contributed by atoms with van der Waals surface area (Å²) in [6.07, 6.45) is 11.3. The van der Waals surface area contributed by atoms with E-state index in [0.717, 1.165) is 18.8 Å². The Balaban J connectivity index is 1.70. The standard InChI is InChI=1S/C19H30O2/c1-18-9-4-3-5-12(18)6-7-13-14(18)8-10-19(2)15(13)11-16(20)17(19)21/h6,13-17,20-21H,3-5,7-11H2,1-2H3/t13-,14-,15+,16?,17?,18+,19+/m1/s1. The molecule has 2 N–H and O–H groups in total. The van der Waals surface area contributed by atoms with Crippen molar-refractivity contribution in [3.8, 4) is 0 Å². The number of allylic oxidation sites excluding steroid dienone is 2. The minimum atomic E-state index is -0.506. The third-order valence-corrected chi connectivity index (χ3v) is 7.99. The molecule has 118 valence electrons. The molecule has 0 bridgehead atoms. The maximum atomic E-state index is 10.5. The first-order valence-electron chi connectivity index (χ1n) is 9.02. The molecule has 0 aromatic carbocycles. The number of rotatable bonds is 0. The van der Waals surface area contributed by atoms with Crippen molar-refractivity contribution < 1.29 is 10.2 Å². The summed E-state index contributed by atoms with van der Waals surface area (Å²) >= 11 is 0. The van der Waals surface area contributed by atoms with Gasteiger partial charge in [-0.25, -0.2) is 0 Å². The molecule has 0 amide bonds. The molecule has 0 aliphatic heterocycles. The molecule has 3 saturated carbocycles. The molecule has 4 rings (SSSR count). The molecule has 21 heavy (non-hydrogen) atoms. The van der Waals surface area contributed by atoms with E-state index >= 15 is 0 Å². The van der Waals surface area contributed by atoms with Gasteiger partial charge in [0.1, 0.15) is 0 Å². The van der Waals surface area contributed by atoms with E-state index in [9.17, 15) is 10.2 Å². The van der Waals surface area contributed by atoms with Gasteiger partial charge in [0, 0.05) is 0 Å². The largest absolute Gasteiger partial charge is 0.390 e. The molecule has 4 aliphatic rings. The maximum Gasteiger partial charge on any atom is 0.0855 e. The predicted molar refractivity (Wildman–Crippen MR) is 83.7 cm³/mol. The Kier molecular flexibility index (Phi) is 3.11. The van der Waals surface area contributed by atoms with Crippen LogP contribution in [-0.4, -0.2) is 22.4 Å². The molecule has 2 heteroatoms. The summed E-state index contributed by atoms with van der Waals surface area (Å²) in [4.78, 5) is 0. The fourth-order valence-electron chi connectivity index (χ4n) is 6.69. The molecule has 0 spiro atoms. The second-order valence-electron chi connectivity index (χ2n) is 8.76. The highest BCUT2D eigenvalue weighted by atomic mass is 16.3. The van der Waals surface area contributed by atoms with Gasteiger partial charge in [-0.15, -0.1) is 0 Å². The third-order valence-electron chi connectivity index (χ3n) is 7.99. The highest BCUT2D eigenvalue weighted by Gasteiger charge is 2.60. The van der Waals surface area contributed by atoms with Gasteiger partial charge in [0.2, 0.25) is 0 Å². The Labute approximate surface area is 128 Å². The summed E-state index contributed by atoms with van der Waals surface area (Å²) in [6, 6.07) is 0. The highest BCUT2D eigenvalue weighted by molar-refractivity contribution is 5.24. The van der Waals surface area contributed by atoms with Crippen LogP contribution < -0.4 is 0 Å². The molecule has 7 atom stereocenters. The second-order valence-corrected chi connectivity index (χ2v) is 8.76. The van der Waals surface area contributed by atoms with Crippen LogP contribution in [0, 0.1) is 28.6 Å². The maximum absolute atomic E-state index is 10.5. The molecule has 2 unspecified atom stereocenters. The quantitative estimate of drug-likeness (QED) is 0.668. The van der Waals surface area contributed by atoms with Crippen molar-refractivity contribution in [1.29, 1.82) is 0 Å². The Morgan fingerprint density at radius 2 is 1.90 bits per heavy atom. The number of aliphatic hydroxyl groups excluding tert-OH is 2. The molecule has 3 fully saturated rings. The summed E-state index contributed by atoms with van der Waals surface area (Å²) in [5.74, 6) is 1.98. The second kappa shape index (κ2) is 4.58. The van der Waals surface area contributed by atoms with Crippen molar-refractivity contribution in [3.05, 3.63) is 11.6 Å². The Morgan fingerprint density at radius 1 is 1.10 bits per heavy atom. The van der Waals surface area contributed by atoms with Gasteiger partial charge >= 0.3 is 0 Å². The van der Waals surface area contributed by atoms with E-state index in [-0.39, 0.29) is 5.41 Å². The smallest absolute Gasteiger partial charge is 0.0855 e. The molecule has 0 radical (unpaired) electrons. The molecule has 2 nitrogen and oxygen atoms in total. The van der Waals surface area contributed by atoms with Gasteiger partial charge in [0.25, 0.3) is 0 Å². The number of fused-ring (bicyclic) bond motifs is 5. The lowest BCUT2D eigenvalue weighted by molar-refractivity contribution is -0.0782. The van der Waals surface area contributed by atoms with Crippen molar-refractivity contribution in [1.82, 2.24) is 0 Å². The molecule has 4 aliphatic carbocycles. The van der Waals surface area contributed by atoms with Crippen LogP contribution in [0.1, 0.15) is 65.2 Å². The zero-order valence-corrected chi connectivity index (χ0v) is 13.5. The van der Waals surface area contributed by atoms with Gasteiger partial charge in [-0.05, 0) is 73.5 Å². The van der Waals surface area contributed by atoms with Crippen LogP contribution in [0.25, 0.3) is 0 Å². The van der Waals surface area contributed by atoms with E-state index in [1.54, 1.807) is 5.57 Å². The van der Waals surface area contributed by atoms with Gasteiger partial charge in [0.05, 0.1) is 12.2 Å². The van der Waals surface area contributed by atoms with Crippen LogP contribution >= 0.6 is 0 Å². The van der Waals surface area contributed by atoms with Crippen molar-refractivity contribution in [2.24, 2.45) is 28.6 Å². The van der Waals surface area contributed by atoms with Crippen LogP contribution in [0.15, 0.2) is 11.6 Å². The zero-order valence-electron chi connectivity index (χ0n) is 13.5. The van der Waals surface area contributed by atoms with Crippen LogP contribution in [0.4, 0.5) is 0 Å². The van der Waals surface area contributed by atoms with Crippen molar-refractivity contribution >= 4 is 0 Å². The zero-order chi connectivity index (χ0) is 14.8. The normalized spacial score (nSPS) is 56.2. The lowest BCUT2D eigenvalue weighted by Crippen LogP contribution is -2.50. The third kappa shape index (κ3) is 1.78. The summed E-state index contributed by atoms with van der Waals surface area (Å²) in [6.45, 7) is 4.75. The lowest BCUT2D eigenvalue weighted by atomic mass is 9.48. The molecule has 0 saturated heterocycles.